The lowest BCUT2D eigenvalue weighted by molar-refractivity contribution is -0.0498. The van der Waals surface area contributed by atoms with Gasteiger partial charge in [0, 0.05) is 23.5 Å². The molecule has 1 atom stereocenters. The van der Waals surface area contributed by atoms with Gasteiger partial charge >= 0.3 is 6.61 Å². The number of halogens is 2. The molecule has 150 valence electrons. The van der Waals surface area contributed by atoms with Crippen LogP contribution in [0.3, 0.4) is 0 Å². The Bertz CT molecular complexity index is 921. The number of benzene rings is 1. The van der Waals surface area contributed by atoms with Crippen LogP contribution >= 0.6 is 0 Å². The number of hydrogen-bond donors (Lipinski definition) is 1. The van der Waals surface area contributed by atoms with E-state index in [-0.39, 0.29) is 17.3 Å². The molecule has 1 aromatic carbocycles. The van der Waals surface area contributed by atoms with Crippen LogP contribution in [0.1, 0.15) is 57.9 Å². The third-order valence-electron chi connectivity index (χ3n) is 5.31. The minimum Gasteiger partial charge on any atom is -0.435 e. The van der Waals surface area contributed by atoms with Gasteiger partial charge in [-0.25, -0.2) is 0 Å². The van der Waals surface area contributed by atoms with E-state index in [2.05, 4.69) is 9.72 Å². The minimum absolute atomic E-state index is 0.0761. The van der Waals surface area contributed by atoms with Crippen LogP contribution in [0.4, 0.5) is 14.5 Å². The molecular weight excluding hydrogens is 366 g/mol. The number of rotatable bonds is 6. The molecule has 0 bridgehead atoms. The van der Waals surface area contributed by atoms with E-state index in [1.165, 1.54) is 13.0 Å². The summed E-state index contributed by atoms with van der Waals surface area (Å²) in [5, 5.41) is 0. The third kappa shape index (κ3) is 3.66. The van der Waals surface area contributed by atoms with E-state index >= 15 is 0 Å². The molecule has 3 rings (SSSR count). The number of carbonyl (C=O) groups is 2. The number of ether oxygens (including phenoxy) is 1. The van der Waals surface area contributed by atoms with Crippen molar-refractivity contribution in [2.24, 2.45) is 0 Å². The van der Waals surface area contributed by atoms with Crippen molar-refractivity contribution < 1.29 is 23.1 Å². The van der Waals surface area contributed by atoms with Crippen molar-refractivity contribution in [3.8, 4) is 5.75 Å². The SMILES string of the molecule is CC(=O)c1c(C)[nH]c(C(=O)C(C)N2CCCc3cc(OC(F)F)ccc32)c1C. The molecule has 1 aliphatic rings. The molecule has 1 aliphatic heterocycles. The number of Topliss-reactive ketones (excluding diaryl/α,β-unsaturated/α-hetero) is 2. The number of anilines is 1. The second-order valence-electron chi connectivity index (χ2n) is 7.19. The first-order valence-corrected chi connectivity index (χ1v) is 9.29. The van der Waals surface area contributed by atoms with Gasteiger partial charge in [0.25, 0.3) is 0 Å². The fourth-order valence-electron chi connectivity index (χ4n) is 4.06. The van der Waals surface area contributed by atoms with Crippen molar-refractivity contribution in [3.63, 3.8) is 0 Å². The van der Waals surface area contributed by atoms with Crippen molar-refractivity contribution in [1.82, 2.24) is 4.98 Å². The Hall–Kier alpha value is -2.70. The zero-order valence-electron chi connectivity index (χ0n) is 16.4. The Morgan fingerprint density at radius 1 is 1.25 bits per heavy atom. The van der Waals surface area contributed by atoms with Gasteiger partial charge in [-0.05, 0) is 69.9 Å². The van der Waals surface area contributed by atoms with Gasteiger partial charge in [-0.3, -0.25) is 9.59 Å². The summed E-state index contributed by atoms with van der Waals surface area (Å²) >= 11 is 0. The molecule has 5 nitrogen and oxygen atoms in total. The molecule has 0 radical (unpaired) electrons. The van der Waals surface area contributed by atoms with Crippen LogP contribution in [-0.2, 0) is 6.42 Å². The van der Waals surface area contributed by atoms with Crippen molar-refractivity contribution in [2.45, 2.75) is 53.2 Å². The Morgan fingerprint density at radius 3 is 2.57 bits per heavy atom. The maximum Gasteiger partial charge on any atom is 0.387 e. The Labute approximate surface area is 162 Å². The highest BCUT2D eigenvalue weighted by Gasteiger charge is 2.30. The number of ketones is 2. The summed E-state index contributed by atoms with van der Waals surface area (Å²) in [6.45, 7) is 4.69. The molecule has 28 heavy (non-hydrogen) atoms. The molecule has 1 N–H and O–H groups in total. The predicted octanol–water partition coefficient (Wildman–Crippen LogP) is 4.46. The topological polar surface area (TPSA) is 62.4 Å². The number of hydrogen-bond acceptors (Lipinski definition) is 4. The van der Waals surface area contributed by atoms with Crippen molar-refractivity contribution in [3.05, 3.63) is 46.3 Å². The van der Waals surface area contributed by atoms with Gasteiger partial charge in [0.2, 0.25) is 5.78 Å². The molecule has 0 spiro atoms. The zero-order chi connectivity index (χ0) is 20.6. The second kappa shape index (κ2) is 7.73. The van der Waals surface area contributed by atoms with Crippen molar-refractivity contribution in [2.75, 3.05) is 11.4 Å². The molecule has 1 aromatic heterocycles. The maximum absolute atomic E-state index is 13.2. The monoisotopic (exact) mass is 390 g/mol. The molecule has 0 saturated heterocycles. The quantitative estimate of drug-likeness (QED) is 0.740. The van der Waals surface area contributed by atoms with Crippen LogP contribution in [0.5, 0.6) is 5.75 Å². The van der Waals surface area contributed by atoms with Gasteiger partial charge in [-0.15, -0.1) is 0 Å². The van der Waals surface area contributed by atoms with Gasteiger partial charge in [0.05, 0.1) is 11.7 Å². The summed E-state index contributed by atoms with van der Waals surface area (Å²) in [4.78, 5) is 30.1. The summed E-state index contributed by atoms with van der Waals surface area (Å²) in [7, 11) is 0. The Balaban J connectivity index is 1.90. The number of fused-ring (bicyclic) bond motifs is 1. The van der Waals surface area contributed by atoms with Gasteiger partial charge in [0.15, 0.2) is 5.78 Å². The van der Waals surface area contributed by atoms with Gasteiger partial charge in [0.1, 0.15) is 5.75 Å². The summed E-state index contributed by atoms with van der Waals surface area (Å²) in [5.74, 6) is -0.0572. The maximum atomic E-state index is 13.2. The van der Waals surface area contributed by atoms with E-state index in [9.17, 15) is 18.4 Å². The van der Waals surface area contributed by atoms with E-state index < -0.39 is 12.7 Å². The fourth-order valence-corrected chi connectivity index (χ4v) is 4.06. The summed E-state index contributed by atoms with van der Waals surface area (Å²) in [6, 6.07) is 4.38. The highest BCUT2D eigenvalue weighted by Crippen LogP contribution is 2.33. The van der Waals surface area contributed by atoms with Crippen molar-refractivity contribution in [1.29, 1.82) is 0 Å². The first kappa shape index (κ1) is 20.0. The first-order chi connectivity index (χ1) is 13.2. The van der Waals surface area contributed by atoms with Crippen LogP contribution in [0, 0.1) is 13.8 Å². The molecular formula is C21H24F2N2O3. The number of H-pyrrole nitrogens is 1. The van der Waals surface area contributed by atoms with Gasteiger partial charge in [-0.2, -0.15) is 8.78 Å². The average molecular weight is 390 g/mol. The normalized spacial score (nSPS) is 14.8. The highest BCUT2D eigenvalue weighted by molar-refractivity contribution is 6.06. The van der Waals surface area contributed by atoms with Gasteiger partial charge in [-0.1, -0.05) is 0 Å². The lowest BCUT2D eigenvalue weighted by atomic mass is 9.97. The molecule has 2 aromatic rings. The Morgan fingerprint density at radius 2 is 1.96 bits per heavy atom. The molecule has 1 unspecified atom stereocenters. The summed E-state index contributed by atoms with van der Waals surface area (Å²) in [6.07, 6.45) is 1.55. The molecule has 0 aliphatic carbocycles. The number of nitrogens with zero attached hydrogens (tertiary/aromatic N) is 1. The van der Waals surface area contributed by atoms with E-state index in [1.807, 2.05) is 11.8 Å². The number of nitrogens with one attached hydrogen (secondary N) is 1. The number of alkyl halides is 2. The van der Waals surface area contributed by atoms with Gasteiger partial charge < -0.3 is 14.6 Å². The van der Waals surface area contributed by atoms with Crippen LogP contribution in [0.25, 0.3) is 0 Å². The highest BCUT2D eigenvalue weighted by atomic mass is 19.3. The van der Waals surface area contributed by atoms with E-state index in [4.69, 9.17) is 0 Å². The third-order valence-corrected chi connectivity index (χ3v) is 5.31. The Kier molecular flexibility index (Phi) is 5.54. The number of aryl methyl sites for hydroxylation is 2. The lowest BCUT2D eigenvalue weighted by Gasteiger charge is -2.35. The molecule has 0 saturated carbocycles. The van der Waals surface area contributed by atoms with Crippen LogP contribution in [0.15, 0.2) is 18.2 Å². The first-order valence-electron chi connectivity index (χ1n) is 9.29. The number of aromatic nitrogens is 1. The summed E-state index contributed by atoms with van der Waals surface area (Å²) < 4.78 is 29.4. The largest absolute Gasteiger partial charge is 0.435 e. The standard InChI is InChI=1S/C21H24F2N2O3/c1-11-18(14(4)26)12(2)24-19(11)20(27)13(3)25-9-5-6-15-10-16(28-21(22)23)7-8-17(15)25/h7-8,10,13,21,24H,5-6,9H2,1-4H3. The lowest BCUT2D eigenvalue weighted by Crippen LogP contribution is -2.42. The zero-order valence-corrected chi connectivity index (χ0v) is 16.4. The molecule has 0 fully saturated rings. The predicted molar refractivity (Wildman–Crippen MR) is 103 cm³/mol. The van der Waals surface area contributed by atoms with Crippen molar-refractivity contribution >= 4 is 17.3 Å². The molecule has 2 heterocycles. The second-order valence-corrected chi connectivity index (χ2v) is 7.19. The molecule has 0 amide bonds. The van der Waals surface area contributed by atoms with Crippen LogP contribution in [-0.4, -0.2) is 35.7 Å². The van der Waals surface area contributed by atoms with E-state index in [0.29, 0.717) is 29.1 Å². The minimum atomic E-state index is -2.87. The van der Waals surface area contributed by atoms with E-state index in [1.54, 1.807) is 26.0 Å². The smallest absolute Gasteiger partial charge is 0.387 e. The summed E-state index contributed by atoms with van der Waals surface area (Å²) in [5.41, 5.74) is 4.09. The number of carbonyl (C=O) groups excluding carboxylic acids is 2. The fraction of sp³-hybridized carbons (Fsp3) is 0.429. The average Bonchev–Trinajstić information content (AvgIpc) is 2.93. The molecule has 7 heteroatoms. The van der Waals surface area contributed by atoms with Crippen LogP contribution in [0.2, 0.25) is 0 Å². The number of aromatic amines is 1. The van der Waals surface area contributed by atoms with Crippen LogP contribution < -0.4 is 9.64 Å². The van der Waals surface area contributed by atoms with E-state index in [0.717, 1.165) is 24.1 Å².